The smallest absolute Gasteiger partial charge is 0.347 e. The number of carbonyl (C=O) groups excluding carboxylic acids is 2. The number of ether oxygens (including phenoxy) is 2. The van der Waals surface area contributed by atoms with Crippen molar-refractivity contribution in [3.8, 4) is 5.75 Å². The van der Waals surface area contributed by atoms with E-state index in [2.05, 4.69) is 5.32 Å². The van der Waals surface area contributed by atoms with Gasteiger partial charge in [-0.3, -0.25) is 4.79 Å². The number of anilines is 1. The molecule has 2 aromatic carbocycles. The third-order valence-corrected chi connectivity index (χ3v) is 3.34. The Balaban J connectivity index is 1.87. The lowest BCUT2D eigenvalue weighted by Gasteiger charge is -2.18. The third-order valence-electron chi connectivity index (χ3n) is 3.34. The Labute approximate surface area is 141 Å². The van der Waals surface area contributed by atoms with Crippen molar-refractivity contribution in [3.63, 3.8) is 0 Å². The van der Waals surface area contributed by atoms with Crippen LogP contribution in [-0.2, 0) is 14.3 Å². The highest BCUT2D eigenvalue weighted by Crippen LogP contribution is 2.15. The highest BCUT2D eigenvalue weighted by Gasteiger charge is 2.23. The van der Waals surface area contributed by atoms with Gasteiger partial charge in [-0.05, 0) is 50.6 Å². The van der Waals surface area contributed by atoms with Crippen LogP contribution in [0, 0.1) is 6.92 Å². The molecule has 5 nitrogen and oxygen atoms in total. The first-order valence-electron chi connectivity index (χ1n) is 7.75. The molecule has 24 heavy (non-hydrogen) atoms. The summed E-state index contributed by atoms with van der Waals surface area (Å²) in [5.74, 6) is -0.398. The minimum atomic E-state index is -0.915. The number of hydrogen-bond donors (Lipinski definition) is 1. The average molecular weight is 327 g/mol. The molecule has 0 unspecified atom stereocenters. The van der Waals surface area contributed by atoms with Gasteiger partial charge in [-0.15, -0.1) is 0 Å². The molecule has 0 spiro atoms. The molecular weight excluding hydrogens is 306 g/mol. The SMILES string of the molecule is Cc1cccc(O[C@@H](C)C(=O)O[C@H](C)C(=O)Nc2ccccc2)c1. The Morgan fingerprint density at radius 3 is 2.33 bits per heavy atom. The Hall–Kier alpha value is -2.82. The highest BCUT2D eigenvalue weighted by molar-refractivity contribution is 5.95. The summed E-state index contributed by atoms with van der Waals surface area (Å²) >= 11 is 0. The zero-order valence-corrected chi connectivity index (χ0v) is 14.0. The van der Waals surface area contributed by atoms with Crippen molar-refractivity contribution in [3.05, 3.63) is 60.2 Å². The predicted molar refractivity (Wildman–Crippen MR) is 91.9 cm³/mol. The van der Waals surface area contributed by atoms with Gasteiger partial charge < -0.3 is 14.8 Å². The van der Waals surface area contributed by atoms with E-state index in [4.69, 9.17) is 9.47 Å². The van der Waals surface area contributed by atoms with Crippen molar-refractivity contribution < 1.29 is 19.1 Å². The number of para-hydroxylation sites is 1. The predicted octanol–water partition coefficient (Wildman–Crippen LogP) is 3.33. The molecule has 1 N–H and O–H groups in total. The number of rotatable bonds is 6. The Morgan fingerprint density at radius 2 is 1.67 bits per heavy atom. The lowest BCUT2D eigenvalue weighted by molar-refractivity contribution is -0.159. The van der Waals surface area contributed by atoms with Crippen molar-refractivity contribution >= 4 is 17.6 Å². The summed E-state index contributed by atoms with van der Waals surface area (Å²) < 4.78 is 10.7. The second-order valence-electron chi connectivity index (χ2n) is 5.51. The normalized spacial score (nSPS) is 12.8. The largest absolute Gasteiger partial charge is 0.479 e. The van der Waals surface area contributed by atoms with E-state index in [0.29, 0.717) is 11.4 Å². The van der Waals surface area contributed by atoms with Crippen molar-refractivity contribution in [2.24, 2.45) is 0 Å². The molecule has 0 aliphatic rings. The summed E-state index contributed by atoms with van der Waals surface area (Å²) in [5, 5.41) is 2.69. The summed E-state index contributed by atoms with van der Waals surface area (Å²) in [4.78, 5) is 24.1. The van der Waals surface area contributed by atoms with Gasteiger partial charge in [0.25, 0.3) is 5.91 Å². The maximum absolute atomic E-state index is 12.1. The van der Waals surface area contributed by atoms with Gasteiger partial charge >= 0.3 is 5.97 Å². The molecule has 0 fully saturated rings. The van der Waals surface area contributed by atoms with Crippen molar-refractivity contribution in [2.45, 2.75) is 33.0 Å². The van der Waals surface area contributed by atoms with Crippen LogP contribution in [0.4, 0.5) is 5.69 Å². The molecule has 0 aliphatic carbocycles. The van der Waals surface area contributed by atoms with E-state index < -0.39 is 24.1 Å². The van der Waals surface area contributed by atoms with Crippen LogP contribution in [0.25, 0.3) is 0 Å². The third kappa shape index (κ3) is 5.12. The lowest BCUT2D eigenvalue weighted by atomic mass is 10.2. The van der Waals surface area contributed by atoms with Crippen LogP contribution in [-0.4, -0.2) is 24.1 Å². The number of aryl methyl sites for hydroxylation is 1. The van der Waals surface area contributed by atoms with E-state index in [-0.39, 0.29) is 0 Å². The lowest BCUT2D eigenvalue weighted by Crippen LogP contribution is -2.35. The second-order valence-corrected chi connectivity index (χ2v) is 5.51. The van der Waals surface area contributed by atoms with E-state index >= 15 is 0 Å². The Morgan fingerprint density at radius 1 is 0.958 bits per heavy atom. The quantitative estimate of drug-likeness (QED) is 0.827. The number of benzene rings is 2. The molecular formula is C19H21NO4. The monoisotopic (exact) mass is 327 g/mol. The van der Waals surface area contributed by atoms with E-state index in [1.165, 1.54) is 6.92 Å². The van der Waals surface area contributed by atoms with Crippen LogP contribution >= 0.6 is 0 Å². The van der Waals surface area contributed by atoms with Crippen LogP contribution in [0.5, 0.6) is 5.75 Å². The molecule has 0 saturated carbocycles. The maximum Gasteiger partial charge on any atom is 0.347 e. The van der Waals surface area contributed by atoms with Gasteiger partial charge in [0.1, 0.15) is 5.75 Å². The number of hydrogen-bond acceptors (Lipinski definition) is 4. The van der Waals surface area contributed by atoms with E-state index in [0.717, 1.165) is 5.56 Å². The van der Waals surface area contributed by atoms with Crippen LogP contribution in [0.1, 0.15) is 19.4 Å². The minimum Gasteiger partial charge on any atom is -0.479 e. The number of nitrogens with one attached hydrogen (secondary N) is 1. The minimum absolute atomic E-state index is 0.391. The zero-order chi connectivity index (χ0) is 17.5. The molecule has 5 heteroatoms. The fourth-order valence-corrected chi connectivity index (χ4v) is 2.03. The van der Waals surface area contributed by atoms with Crippen LogP contribution < -0.4 is 10.1 Å². The van der Waals surface area contributed by atoms with Crippen LogP contribution in [0.15, 0.2) is 54.6 Å². The fourth-order valence-electron chi connectivity index (χ4n) is 2.03. The topological polar surface area (TPSA) is 64.6 Å². The first-order valence-corrected chi connectivity index (χ1v) is 7.75. The molecule has 1 amide bonds. The fraction of sp³-hybridized carbons (Fsp3) is 0.263. The first kappa shape index (κ1) is 17.5. The number of esters is 1. The van der Waals surface area contributed by atoms with Crippen LogP contribution in [0.3, 0.4) is 0 Å². The van der Waals surface area contributed by atoms with Gasteiger partial charge in [0.2, 0.25) is 0 Å². The molecule has 2 rings (SSSR count). The second kappa shape index (κ2) is 8.15. The summed E-state index contributed by atoms with van der Waals surface area (Å²) in [7, 11) is 0. The molecule has 0 saturated heterocycles. The first-order chi connectivity index (χ1) is 11.5. The van der Waals surface area contributed by atoms with Gasteiger partial charge in [-0.1, -0.05) is 30.3 Å². The molecule has 0 heterocycles. The summed E-state index contributed by atoms with van der Waals surface area (Å²) in [6, 6.07) is 16.4. The van der Waals surface area contributed by atoms with E-state index in [1.807, 2.05) is 43.3 Å². The Bertz CT molecular complexity index is 700. The van der Waals surface area contributed by atoms with Crippen molar-refractivity contribution in [1.29, 1.82) is 0 Å². The summed E-state index contributed by atoms with van der Waals surface area (Å²) in [6.07, 6.45) is -1.72. The van der Waals surface area contributed by atoms with Crippen molar-refractivity contribution in [2.75, 3.05) is 5.32 Å². The maximum atomic E-state index is 12.1. The summed E-state index contributed by atoms with van der Waals surface area (Å²) in [6.45, 7) is 5.05. The zero-order valence-electron chi connectivity index (χ0n) is 14.0. The molecule has 2 atom stereocenters. The highest BCUT2D eigenvalue weighted by atomic mass is 16.6. The van der Waals surface area contributed by atoms with E-state index in [1.54, 1.807) is 25.1 Å². The van der Waals surface area contributed by atoms with E-state index in [9.17, 15) is 9.59 Å². The molecule has 0 aliphatic heterocycles. The molecule has 0 radical (unpaired) electrons. The molecule has 126 valence electrons. The Kier molecular flexibility index (Phi) is 5.95. The molecule has 0 bridgehead atoms. The van der Waals surface area contributed by atoms with Gasteiger partial charge in [-0.2, -0.15) is 0 Å². The molecule has 2 aromatic rings. The molecule has 0 aromatic heterocycles. The number of amides is 1. The van der Waals surface area contributed by atoms with Crippen LogP contribution in [0.2, 0.25) is 0 Å². The summed E-state index contributed by atoms with van der Waals surface area (Å²) in [5.41, 5.74) is 1.68. The van der Waals surface area contributed by atoms with Gasteiger partial charge in [0.15, 0.2) is 12.2 Å². The standard InChI is InChI=1S/C19H21NO4/c1-13-8-7-11-17(12-13)23-15(3)19(22)24-14(2)18(21)20-16-9-5-4-6-10-16/h4-12,14-15H,1-3H3,(H,20,21)/t14-,15+/m1/s1. The van der Waals surface area contributed by atoms with Gasteiger partial charge in [-0.25, -0.2) is 4.79 Å². The number of carbonyl (C=O) groups is 2. The van der Waals surface area contributed by atoms with Gasteiger partial charge in [0, 0.05) is 5.69 Å². The van der Waals surface area contributed by atoms with Gasteiger partial charge in [0.05, 0.1) is 0 Å². The average Bonchev–Trinajstić information content (AvgIpc) is 2.55. The van der Waals surface area contributed by atoms with Crippen molar-refractivity contribution in [1.82, 2.24) is 0 Å².